The molecule has 0 aliphatic rings. The Balaban J connectivity index is 1.38. The second kappa shape index (κ2) is 9.64. The van der Waals surface area contributed by atoms with Crippen molar-refractivity contribution in [3.05, 3.63) is 89.2 Å². The number of carbonyl (C=O) groups excluding carboxylic acids is 1. The Kier molecular flexibility index (Phi) is 6.67. The Morgan fingerprint density at radius 2 is 1.85 bits per heavy atom. The summed E-state index contributed by atoms with van der Waals surface area (Å²) in [6.07, 6.45) is 1.38. The maximum Gasteiger partial charge on any atom is 0.264 e. The summed E-state index contributed by atoms with van der Waals surface area (Å²) in [5.74, 6) is 0.532. The number of aromatic amines is 1. The Bertz CT molecular complexity index is 1370. The lowest BCUT2D eigenvalue weighted by atomic mass is 10.2. The van der Waals surface area contributed by atoms with Crippen LogP contribution in [0.15, 0.2) is 77.7 Å². The molecule has 4 rings (SSSR count). The lowest BCUT2D eigenvalue weighted by molar-refractivity contribution is 0.0953. The van der Waals surface area contributed by atoms with Crippen molar-refractivity contribution >= 4 is 44.3 Å². The molecule has 9 heteroatoms. The molecule has 0 unspecified atom stereocenters. The van der Waals surface area contributed by atoms with Gasteiger partial charge < -0.3 is 10.3 Å². The Labute approximate surface area is 197 Å². The average molecular weight is 483 g/mol. The van der Waals surface area contributed by atoms with Crippen molar-refractivity contribution in [3.63, 3.8) is 0 Å². The molecule has 0 radical (unpaired) electrons. The van der Waals surface area contributed by atoms with Crippen LogP contribution in [-0.2, 0) is 16.4 Å². The Morgan fingerprint density at radius 1 is 1.06 bits per heavy atom. The molecule has 7 nitrogen and oxygen atoms in total. The third kappa shape index (κ3) is 5.18. The van der Waals surface area contributed by atoms with Crippen molar-refractivity contribution in [2.24, 2.45) is 0 Å². The number of para-hydroxylation sites is 2. The molecule has 0 aliphatic carbocycles. The summed E-state index contributed by atoms with van der Waals surface area (Å²) in [6.45, 7) is 0.440. The first-order valence-electron chi connectivity index (χ1n) is 10.4. The van der Waals surface area contributed by atoms with Crippen LogP contribution in [0.25, 0.3) is 11.0 Å². The molecule has 170 valence electrons. The van der Waals surface area contributed by atoms with Gasteiger partial charge in [-0.05, 0) is 55.0 Å². The van der Waals surface area contributed by atoms with E-state index in [0.29, 0.717) is 30.1 Å². The number of imidazole rings is 1. The number of nitrogens with zero attached hydrogens (tertiary/aromatic N) is 2. The molecule has 33 heavy (non-hydrogen) atoms. The van der Waals surface area contributed by atoms with Crippen molar-refractivity contribution in [2.75, 3.05) is 17.9 Å². The number of amides is 1. The normalized spacial score (nSPS) is 11.5. The number of carbonyl (C=O) groups is 1. The second-order valence-electron chi connectivity index (χ2n) is 7.54. The van der Waals surface area contributed by atoms with Crippen LogP contribution in [0.5, 0.6) is 0 Å². The summed E-state index contributed by atoms with van der Waals surface area (Å²) in [7, 11) is -2.41. The highest BCUT2D eigenvalue weighted by Crippen LogP contribution is 2.25. The number of sulfonamides is 1. The minimum absolute atomic E-state index is 0.0277. The van der Waals surface area contributed by atoms with E-state index < -0.39 is 10.0 Å². The first-order valence-corrected chi connectivity index (χ1v) is 12.2. The molecule has 0 saturated heterocycles. The summed E-state index contributed by atoms with van der Waals surface area (Å²) in [6, 6.07) is 20.4. The van der Waals surface area contributed by atoms with Crippen molar-refractivity contribution < 1.29 is 13.2 Å². The number of fused-ring (bicyclic) bond motifs is 1. The van der Waals surface area contributed by atoms with Crippen LogP contribution < -0.4 is 9.62 Å². The number of halogens is 1. The molecule has 4 aromatic rings. The van der Waals surface area contributed by atoms with E-state index in [1.807, 2.05) is 24.3 Å². The largest absolute Gasteiger partial charge is 0.352 e. The maximum atomic E-state index is 13.1. The van der Waals surface area contributed by atoms with Crippen LogP contribution in [0.4, 0.5) is 5.69 Å². The van der Waals surface area contributed by atoms with Gasteiger partial charge in [0.05, 0.1) is 21.6 Å². The van der Waals surface area contributed by atoms with Gasteiger partial charge in [0.25, 0.3) is 15.9 Å². The van der Waals surface area contributed by atoms with Gasteiger partial charge >= 0.3 is 0 Å². The quantitative estimate of drug-likeness (QED) is 0.364. The molecular weight excluding hydrogens is 460 g/mol. The van der Waals surface area contributed by atoms with E-state index in [0.717, 1.165) is 21.2 Å². The van der Waals surface area contributed by atoms with Gasteiger partial charge in [0.1, 0.15) is 5.82 Å². The van der Waals surface area contributed by atoms with Crippen LogP contribution in [0.2, 0.25) is 5.02 Å². The topological polar surface area (TPSA) is 95.2 Å². The molecule has 0 bridgehead atoms. The fourth-order valence-corrected chi connectivity index (χ4v) is 4.87. The summed E-state index contributed by atoms with van der Waals surface area (Å²) < 4.78 is 27.2. The molecule has 1 amide bonds. The fraction of sp³-hybridized carbons (Fsp3) is 0.167. The molecule has 3 aromatic carbocycles. The van der Waals surface area contributed by atoms with Crippen molar-refractivity contribution in [1.82, 2.24) is 15.3 Å². The third-order valence-corrected chi connectivity index (χ3v) is 7.26. The minimum atomic E-state index is -3.86. The third-order valence-electron chi connectivity index (χ3n) is 5.24. The number of benzene rings is 3. The van der Waals surface area contributed by atoms with Gasteiger partial charge in [-0.25, -0.2) is 13.4 Å². The lowest BCUT2D eigenvalue weighted by Gasteiger charge is -2.20. The number of rotatable bonds is 8. The highest BCUT2D eigenvalue weighted by Gasteiger charge is 2.22. The second-order valence-corrected chi connectivity index (χ2v) is 9.95. The summed E-state index contributed by atoms with van der Waals surface area (Å²) in [4.78, 5) is 20.4. The molecule has 1 aromatic heterocycles. The van der Waals surface area contributed by atoms with Gasteiger partial charge in [0.2, 0.25) is 0 Å². The SMILES string of the molecule is CN(c1cccc(Cl)c1)S(=O)(=O)c1cccc(C(=O)NCCCc2nc3ccccc3[nH]2)c1. The summed E-state index contributed by atoms with van der Waals surface area (Å²) >= 11 is 5.99. The van der Waals surface area contributed by atoms with Crippen molar-refractivity contribution in [3.8, 4) is 0 Å². The Morgan fingerprint density at radius 3 is 2.64 bits per heavy atom. The van der Waals surface area contributed by atoms with Gasteiger partial charge in [0, 0.05) is 30.6 Å². The predicted octanol–water partition coefficient (Wildman–Crippen LogP) is 4.40. The smallest absolute Gasteiger partial charge is 0.264 e. The van der Waals surface area contributed by atoms with Gasteiger partial charge in [-0.15, -0.1) is 0 Å². The number of H-pyrrole nitrogens is 1. The highest BCUT2D eigenvalue weighted by molar-refractivity contribution is 7.92. The number of hydrogen-bond acceptors (Lipinski definition) is 4. The molecule has 0 spiro atoms. The first kappa shape index (κ1) is 22.8. The van der Waals surface area contributed by atoms with Gasteiger partial charge in [-0.3, -0.25) is 9.10 Å². The number of hydrogen-bond donors (Lipinski definition) is 2. The van der Waals surface area contributed by atoms with E-state index in [1.54, 1.807) is 36.4 Å². The molecule has 2 N–H and O–H groups in total. The van der Waals surface area contributed by atoms with Crippen molar-refractivity contribution in [1.29, 1.82) is 0 Å². The van der Waals surface area contributed by atoms with Crippen LogP contribution in [0, 0.1) is 0 Å². The van der Waals surface area contributed by atoms with Crippen molar-refractivity contribution in [2.45, 2.75) is 17.7 Å². The van der Waals surface area contributed by atoms with E-state index in [9.17, 15) is 13.2 Å². The van der Waals surface area contributed by atoms with Gasteiger partial charge in [-0.1, -0.05) is 35.9 Å². The van der Waals surface area contributed by atoms with Crippen LogP contribution in [0.3, 0.4) is 0 Å². The van der Waals surface area contributed by atoms with Gasteiger partial charge in [0.15, 0.2) is 0 Å². The fourth-order valence-electron chi connectivity index (χ4n) is 3.45. The number of anilines is 1. The first-order chi connectivity index (χ1) is 15.8. The van der Waals surface area contributed by atoms with Crippen LogP contribution >= 0.6 is 11.6 Å². The number of aromatic nitrogens is 2. The number of aryl methyl sites for hydroxylation is 1. The number of nitrogens with one attached hydrogen (secondary N) is 2. The van der Waals surface area contributed by atoms with E-state index in [1.165, 1.54) is 19.2 Å². The minimum Gasteiger partial charge on any atom is -0.352 e. The molecule has 0 fully saturated rings. The highest BCUT2D eigenvalue weighted by atomic mass is 35.5. The molecule has 0 atom stereocenters. The monoisotopic (exact) mass is 482 g/mol. The zero-order valence-corrected chi connectivity index (χ0v) is 19.5. The van der Waals surface area contributed by atoms with Crippen LogP contribution in [0.1, 0.15) is 22.6 Å². The Hall–Kier alpha value is -3.36. The lowest BCUT2D eigenvalue weighted by Crippen LogP contribution is -2.28. The van der Waals surface area contributed by atoms with E-state index >= 15 is 0 Å². The summed E-state index contributed by atoms with van der Waals surface area (Å²) in [5.41, 5.74) is 2.61. The molecular formula is C24H23ClN4O3S. The van der Waals surface area contributed by atoms with Crippen LogP contribution in [-0.4, -0.2) is 37.9 Å². The standard InChI is InChI=1S/C24H23ClN4O3S/c1-29(19-9-5-8-18(25)16-19)33(31,32)20-10-4-7-17(15-20)24(30)26-14-6-13-23-27-21-11-2-3-12-22(21)28-23/h2-5,7-12,15-16H,6,13-14H2,1H3,(H,26,30)(H,27,28). The predicted molar refractivity (Wildman–Crippen MR) is 130 cm³/mol. The molecule has 1 heterocycles. The van der Waals surface area contributed by atoms with E-state index in [2.05, 4.69) is 15.3 Å². The summed E-state index contributed by atoms with van der Waals surface area (Å²) in [5, 5.41) is 3.28. The maximum absolute atomic E-state index is 13.1. The zero-order valence-electron chi connectivity index (χ0n) is 18.0. The molecule has 0 saturated carbocycles. The van der Waals surface area contributed by atoms with Gasteiger partial charge in [-0.2, -0.15) is 0 Å². The molecule has 0 aliphatic heterocycles. The van der Waals surface area contributed by atoms with E-state index in [4.69, 9.17) is 11.6 Å². The zero-order chi connectivity index (χ0) is 23.4. The average Bonchev–Trinajstić information content (AvgIpc) is 3.24. The van der Waals surface area contributed by atoms with E-state index in [-0.39, 0.29) is 16.4 Å².